The molecular weight excluding hydrogens is 265 g/mol. The lowest BCUT2D eigenvalue weighted by Crippen LogP contribution is -2.15. The molecule has 0 aliphatic heterocycles. The monoisotopic (exact) mass is 283 g/mol. The maximum atomic E-state index is 13.6. The van der Waals surface area contributed by atoms with Gasteiger partial charge in [-0.3, -0.25) is 0 Å². The molecule has 0 bridgehead atoms. The van der Waals surface area contributed by atoms with Gasteiger partial charge in [0, 0.05) is 12.6 Å². The van der Waals surface area contributed by atoms with Crippen LogP contribution < -0.4 is 0 Å². The van der Waals surface area contributed by atoms with Crippen molar-refractivity contribution in [3.63, 3.8) is 0 Å². The average Bonchev–Trinajstić information content (AvgIpc) is 2.67. The standard InChI is InChI=1S/C14H19ClFN3/c1-10-7-13-12(8-11(10)16)17-14(9-15)19(13)6-4-5-18(2)3/h7-8H,4-6,9H2,1-3H3. The number of imidazole rings is 1. The van der Waals surface area contributed by atoms with Crippen LogP contribution in [0.2, 0.25) is 0 Å². The summed E-state index contributed by atoms with van der Waals surface area (Å²) in [4.78, 5) is 6.55. The Kier molecular flexibility index (Phi) is 4.42. The van der Waals surface area contributed by atoms with Crippen molar-refractivity contribution in [2.45, 2.75) is 25.8 Å². The quantitative estimate of drug-likeness (QED) is 0.786. The molecule has 1 heterocycles. The minimum absolute atomic E-state index is 0.216. The molecule has 3 nitrogen and oxygen atoms in total. The van der Waals surface area contributed by atoms with Crippen LogP contribution in [0.25, 0.3) is 11.0 Å². The van der Waals surface area contributed by atoms with E-state index in [1.807, 2.05) is 20.2 Å². The Balaban J connectivity index is 2.36. The maximum Gasteiger partial charge on any atom is 0.128 e. The highest BCUT2D eigenvalue weighted by molar-refractivity contribution is 6.16. The summed E-state index contributed by atoms with van der Waals surface area (Å²) in [5.41, 5.74) is 2.29. The summed E-state index contributed by atoms with van der Waals surface area (Å²) in [7, 11) is 4.10. The van der Waals surface area contributed by atoms with Crippen molar-refractivity contribution in [1.82, 2.24) is 14.5 Å². The zero-order valence-corrected chi connectivity index (χ0v) is 12.3. The fraction of sp³-hybridized carbons (Fsp3) is 0.500. The number of hydrogen-bond donors (Lipinski definition) is 0. The van der Waals surface area contributed by atoms with E-state index >= 15 is 0 Å². The van der Waals surface area contributed by atoms with Gasteiger partial charge in [0.15, 0.2) is 0 Å². The lowest BCUT2D eigenvalue weighted by Gasteiger charge is -2.11. The summed E-state index contributed by atoms with van der Waals surface area (Å²) in [5.74, 6) is 0.934. The Morgan fingerprint density at radius 3 is 2.74 bits per heavy atom. The van der Waals surface area contributed by atoms with Gasteiger partial charge in [0.2, 0.25) is 0 Å². The Labute approximate surface area is 118 Å². The number of rotatable bonds is 5. The van der Waals surface area contributed by atoms with Crippen LogP contribution in [0, 0.1) is 12.7 Å². The van der Waals surface area contributed by atoms with Crippen molar-refractivity contribution < 1.29 is 4.39 Å². The summed E-state index contributed by atoms with van der Waals surface area (Å²) < 4.78 is 15.7. The molecule has 5 heteroatoms. The highest BCUT2D eigenvalue weighted by Crippen LogP contribution is 2.21. The normalized spacial score (nSPS) is 11.7. The smallest absolute Gasteiger partial charge is 0.128 e. The van der Waals surface area contributed by atoms with Gasteiger partial charge in [-0.25, -0.2) is 9.37 Å². The van der Waals surface area contributed by atoms with Gasteiger partial charge in [0.1, 0.15) is 11.6 Å². The van der Waals surface area contributed by atoms with Gasteiger partial charge < -0.3 is 9.47 Å². The summed E-state index contributed by atoms with van der Waals surface area (Å²) >= 11 is 5.94. The van der Waals surface area contributed by atoms with E-state index in [0.29, 0.717) is 17.0 Å². The van der Waals surface area contributed by atoms with Gasteiger partial charge in [-0.15, -0.1) is 11.6 Å². The van der Waals surface area contributed by atoms with E-state index < -0.39 is 0 Å². The lowest BCUT2D eigenvalue weighted by atomic mass is 10.2. The number of aryl methyl sites for hydroxylation is 2. The van der Waals surface area contributed by atoms with Crippen molar-refractivity contribution in [2.24, 2.45) is 0 Å². The van der Waals surface area contributed by atoms with Crippen molar-refractivity contribution in [3.8, 4) is 0 Å². The van der Waals surface area contributed by atoms with Gasteiger partial charge >= 0.3 is 0 Å². The number of hydrogen-bond acceptors (Lipinski definition) is 2. The van der Waals surface area contributed by atoms with E-state index in [2.05, 4.69) is 14.5 Å². The molecule has 19 heavy (non-hydrogen) atoms. The first kappa shape index (κ1) is 14.3. The van der Waals surface area contributed by atoms with Gasteiger partial charge in [0.05, 0.1) is 16.9 Å². The predicted octanol–water partition coefficient (Wildman–Crippen LogP) is 3.17. The van der Waals surface area contributed by atoms with E-state index in [1.54, 1.807) is 6.92 Å². The molecule has 2 rings (SSSR count). The van der Waals surface area contributed by atoms with Gasteiger partial charge in [0.25, 0.3) is 0 Å². The predicted molar refractivity (Wildman–Crippen MR) is 77.2 cm³/mol. The Morgan fingerprint density at radius 1 is 1.37 bits per heavy atom. The first-order valence-electron chi connectivity index (χ1n) is 6.39. The molecule has 0 fully saturated rings. The molecule has 0 aliphatic carbocycles. The topological polar surface area (TPSA) is 21.1 Å². The second kappa shape index (κ2) is 5.88. The number of nitrogens with zero attached hydrogens (tertiary/aromatic N) is 3. The van der Waals surface area contributed by atoms with Crippen molar-refractivity contribution in [1.29, 1.82) is 0 Å². The summed E-state index contributed by atoms with van der Waals surface area (Å²) in [6, 6.07) is 3.34. The van der Waals surface area contributed by atoms with Crippen LogP contribution in [0.5, 0.6) is 0 Å². The first-order valence-corrected chi connectivity index (χ1v) is 6.92. The lowest BCUT2D eigenvalue weighted by molar-refractivity contribution is 0.386. The SMILES string of the molecule is Cc1cc2c(cc1F)nc(CCl)n2CCCN(C)C. The number of fused-ring (bicyclic) bond motifs is 1. The number of halogens is 2. The summed E-state index contributed by atoms with van der Waals surface area (Å²) in [5, 5.41) is 0. The molecule has 0 unspecified atom stereocenters. The van der Waals surface area contributed by atoms with Crippen LogP contribution in [0.3, 0.4) is 0 Å². The number of benzene rings is 1. The van der Waals surface area contributed by atoms with Gasteiger partial charge in [-0.2, -0.15) is 0 Å². The average molecular weight is 284 g/mol. The largest absolute Gasteiger partial charge is 0.327 e. The number of alkyl halides is 1. The third kappa shape index (κ3) is 3.07. The van der Waals surface area contributed by atoms with E-state index in [9.17, 15) is 4.39 Å². The minimum Gasteiger partial charge on any atom is -0.327 e. The van der Waals surface area contributed by atoms with E-state index in [-0.39, 0.29) is 5.82 Å². The van der Waals surface area contributed by atoms with Crippen molar-refractivity contribution >= 4 is 22.6 Å². The van der Waals surface area contributed by atoms with Crippen LogP contribution in [0.1, 0.15) is 17.8 Å². The molecule has 0 aliphatic rings. The molecular formula is C14H19ClFN3. The fourth-order valence-electron chi connectivity index (χ4n) is 2.20. The molecule has 0 saturated heterocycles. The molecule has 0 saturated carbocycles. The Morgan fingerprint density at radius 2 is 2.11 bits per heavy atom. The highest BCUT2D eigenvalue weighted by Gasteiger charge is 2.12. The highest BCUT2D eigenvalue weighted by atomic mass is 35.5. The summed E-state index contributed by atoms with van der Waals surface area (Å²) in [6.07, 6.45) is 1.01. The molecule has 1 aromatic carbocycles. The molecule has 0 N–H and O–H groups in total. The third-order valence-electron chi connectivity index (χ3n) is 3.21. The van der Waals surface area contributed by atoms with Gasteiger partial charge in [-0.1, -0.05) is 0 Å². The van der Waals surface area contributed by atoms with Crippen LogP contribution >= 0.6 is 11.6 Å². The molecule has 0 amide bonds. The van der Waals surface area contributed by atoms with E-state index in [1.165, 1.54) is 6.07 Å². The third-order valence-corrected chi connectivity index (χ3v) is 3.45. The second-order valence-electron chi connectivity index (χ2n) is 5.06. The van der Waals surface area contributed by atoms with E-state index in [4.69, 9.17) is 11.6 Å². The van der Waals surface area contributed by atoms with Crippen LogP contribution in [-0.4, -0.2) is 35.1 Å². The zero-order chi connectivity index (χ0) is 14.0. The fourth-order valence-corrected chi connectivity index (χ4v) is 2.40. The molecule has 2 aromatic rings. The van der Waals surface area contributed by atoms with Gasteiger partial charge in [-0.05, 0) is 45.6 Å². The van der Waals surface area contributed by atoms with Crippen LogP contribution in [0.4, 0.5) is 4.39 Å². The second-order valence-corrected chi connectivity index (χ2v) is 5.33. The van der Waals surface area contributed by atoms with E-state index in [0.717, 1.165) is 30.9 Å². The maximum absolute atomic E-state index is 13.6. The first-order chi connectivity index (χ1) is 9.02. The van der Waals surface area contributed by atoms with Crippen LogP contribution in [0.15, 0.2) is 12.1 Å². The molecule has 0 radical (unpaired) electrons. The van der Waals surface area contributed by atoms with Crippen molar-refractivity contribution in [3.05, 3.63) is 29.3 Å². The molecule has 1 aromatic heterocycles. The zero-order valence-electron chi connectivity index (χ0n) is 11.6. The Bertz CT molecular complexity index is 578. The molecule has 0 atom stereocenters. The minimum atomic E-state index is -0.216. The molecule has 104 valence electrons. The molecule has 0 spiro atoms. The number of aromatic nitrogens is 2. The summed E-state index contributed by atoms with van der Waals surface area (Å²) in [6.45, 7) is 3.62. The Hall–Kier alpha value is -1.13. The van der Waals surface area contributed by atoms with Crippen molar-refractivity contribution in [2.75, 3.05) is 20.6 Å². The van der Waals surface area contributed by atoms with Crippen LogP contribution in [-0.2, 0) is 12.4 Å².